The van der Waals surface area contributed by atoms with Crippen LogP contribution in [0.15, 0.2) is 0 Å². The summed E-state index contributed by atoms with van der Waals surface area (Å²) in [5.41, 5.74) is 0.326. The molecule has 3 heteroatoms. The molecule has 0 radical (unpaired) electrons. The van der Waals surface area contributed by atoms with E-state index < -0.39 is 5.92 Å². The molecule has 0 bridgehead atoms. The Morgan fingerprint density at radius 1 is 1.29 bits per heavy atom. The number of hydrogen-bond acceptors (Lipinski definition) is 1. The zero-order valence-electron chi connectivity index (χ0n) is 11.1. The molecule has 1 atom stereocenters. The van der Waals surface area contributed by atoms with Gasteiger partial charge < -0.3 is 5.32 Å². The highest BCUT2D eigenvalue weighted by Crippen LogP contribution is 2.45. The summed E-state index contributed by atoms with van der Waals surface area (Å²) in [4.78, 5) is 0. The van der Waals surface area contributed by atoms with Crippen LogP contribution in [0.2, 0.25) is 0 Å². The lowest BCUT2D eigenvalue weighted by Gasteiger charge is -2.47. The first kappa shape index (κ1) is 13.3. The second kappa shape index (κ2) is 4.83. The molecule has 17 heavy (non-hydrogen) atoms. The normalized spacial score (nSPS) is 31.2. The Labute approximate surface area is 103 Å². The quantitative estimate of drug-likeness (QED) is 0.793. The monoisotopic (exact) mass is 245 g/mol. The molecule has 0 spiro atoms. The maximum Gasteiger partial charge on any atom is 0.248 e. The third kappa shape index (κ3) is 3.40. The lowest BCUT2D eigenvalue weighted by atomic mass is 9.67. The van der Waals surface area contributed by atoms with Crippen LogP contribution in [0.3, 0.4) is 0 Å². The Morgan fingerprint density at radius 3 is 2.47 bits per heavy atom. The summed E-state index contributed by atoms with van der Waals surface area (Å²) in [7, 11) is 0. The van der Waals surface area contributed by atoms with Crippen LogP contribution in [0.25, 0.3) is 0 Å². The van der Waals surface area contributed by atoms with Gasteiger partial charge >= 0.3 is 0 Å². The maximum atomic E-state index is 13.4. The average Bonchev–Trinajstić information content (AvgIpc) is 2.11. The SMILES string of the molecule is CC(C)CC1(CC2CCCC(F)(F)C2)CNC1. The number of nitrogens with one attached hydrogen (secondary N) is 1. The first-order valence-corrected chi connectivity index (χ1v) is 6.99. The topological polar surface area (TPSA) is 12.0 Å². The van der Waals surface area contributed by atoms with E-state index in [0.29, 0.717) is 17.8 Å². The van der Waals surface area contributed by atoms with Gasteiger partial charge in [-0.3, -0.25) is 0 Å². The fourth-order valence-electron chi connectivity index (χ4n) is 3.78. The second-order valence-corrected chi connectivity index (χ2v) is 6.72. The van der Waals surface area contributed by atoms with Crippen molar-refractivity contribution in [1.29, 1.82) is 0 Å². The molecule has 1 saturated heterocycles. The van der Waals surface area contributed by atoms with Gasteiger partial charge in [0.2, 0.25) is 5.92 Å². The molecule has 0 aromatic heterocycles. The van der Waals surface area contributed by atoms with E-state index in [0.717, 1.165) is 25.9 Å². The van der Waals surface area contributed by atoms with Crippen molar-refractivity contribution in [2.24, 2.45) is 17.3 Å². The molecule has 1 aliphatic carbocycles. The fraction of sp³-hybridized carbons (Fsp3) is 1.00. The molecular formula is C14H25F2N. The van der Waals surface area contributed by atoms with E-state index >= 15 is 0 Å². The lowest BCUT2D eigenvalue weighted by molar-refractivity contribution is -0.0639. The first-order chi connectivity index (χ1) is 7.91. The van der Waals surface area contributed by atoms with Gasteiger partial charge in [-0.2, -0.15) is 0 Å². The Morgan fingerprint density at radius 2 is 2.00 bits per heavy atom. The molecule has 0 aromatic carbocycles. The third-order valence-electron chi connectivity index (χ3n) is 4.31. The molecule has 1 N–H and O–H groups in total. The number of hydrogen-bond donors (Lipinski definition) is 1. The molecule has 1 aliphatic heterocycles. The zero-order valence-corrected chi connectivity index (χ0v) is 11.1. The first-order valence-electron chi connectivity index (χ1n) is 6.99. The molecule has 100 valence electrons. The molecule has 0 amide bonds. The van der Waals surface area contributed by atoms with Crippen LogP contribution >= 0.6 is 0 Å². The highest BCUT2D eigenvalue weighted by molar-refractivity contribution is 4.95. The number of halogens is 2. The third-order valence-corrected chi connectivity index (χ3v) is 4.31. The molecule has 2 fully saturated rings. The van der Waals surface area contributed by atoms with Gasteiger partial charge in [0.15, 0.2) is 0 Å². The van der Waals surface area contributed by atoms with Crippen LogP contribution in [0.1, 0.15) is 52.4 Å². The molecule has 0 aromatic rings. The van der Waals surface area contributed by atoms with Crippen molar-refractivity contribution >= 4 is 0 Å². The summed E-state index contributed by atoms with van der Waals surface area (Å²) in [6.45, 7) is 6.53. The van der Waals surface area contributed by atoms with Crippen LogP contribution in [-0.4, -0.2) is 19.0 Å². The minimum Gasteiger partial charge on any atom is -0.316 e. The summed E-state index contributed by atoms with van der Waals surface area (Å²) in [5, 5.41) is 3.33. The van der Waals surface area contributed by atoms with Crippen LogP contribution in [0.5, 0.6) is 0 Å². The average molecular weight is 245 g/mol. The van der Waals surface area contributed by atoms with E-state index in [4.69, 9.17) is 0 Å². The van der Waals surface area contributed by atoms with Gasteiger partial charge in [-0.1, -0.05) is 13.8 Å². The number of alkyl halides is 2. The van der Waals surface area contributed by atoms with Crippen LogP contribution in [0, 0.1) is 17.3 Å². The molecule has 1 unspecified atom stereocenters. The van der Waals surface area contributed by atoms with Crippen molar-refractivity contribution in [3.8, 4) is 0 Å². The Hall–Kier alpha value is -0.180. The Kier molecular flexibility index (Phi) is 3.77. The minimum absolute atomic E-state index is 0.110. The molecule has 1 nitrogen and oxygen atoms in total. The minimum atomic E-state index is -2.39. The molecular weight excluding hydrogens is 220 g/mol. The van der Waals surface area contributed by atoms with Gasteiger partial charge in [0, 0.05) is 25.9 Å². The molecule has 1 saturated carbocycles. The van der Waals surface area contributed by atoms with Gasteiger partial charge in [-0.25, -0.2) is 8.78 Å². The van der Waals surface area contributed by atoms with Crippen molar-refractivity contribution in [3.05, 3.63) is 0 Å². The largest absolute Gasteiger partial charge is 0.316 e. The van der Waals surface area contributed by atoms with E-state index in [1.54, 1.807) is 0 Å². The predicted molar refractivity (Wildman–Crippen MR) is 66.3 cm³/mol. The molecule has 2 rings (SSSR count). The number of rotatable bonds is 4. The van der Waals surface area contributed by atoms with E-state index in [2.05, 4.69) is 19.2 Å². The molecule has 1 heterocycles. The fourth-order valence-corrected chi connectivity index (χ4v) is 3.78. The Balaban J connectivity index is 1.90. The zero-order chi connectivity index (χ0) is 12.5. The van der Waals surface area contributed by atoms with Crippen LogP contribution in [-0.2, 0) is 0 Å². The van der Waals surface area contributed by atoms with Gasteiger partial charge in [0.05, 0.1) is 0 Å². The van der Waals surface area contributed by atoms with Crippen molar-refractivity contribution in [1.82, 2.24) is 5.32 Å². The second-order valence-electron chi connectivity index (χ2n) is 6.72. The Bertz CT molecular complexity index is 259. The smallest absolute Gasteiger partial charge is 0.248 e. The maximum absolute atomic E-state index is 13.4. The van der Waals surface area contributed by atoms with Crippen molar-refractivity contribution in [2.75, 3.05) is 13.1 Å². The van der Waals surface area contributed by atoms with Gasteiger partial charge in [-0.15, -0.1) is 0 Å². The highest BCUT2D eigenvalue weighted by Gasteiger charge is 2.43. The van der Waals surface area contributed by atoms with Crippen LogP contribution in [0.4, 0.5) is 8.78 Å². The summed E-state index contributed by atoms with van der Waals surface area (Å²) >= 11 is 0. The summed E-state index contributed by atoms with van der Waals surface area (Å²) in [6.07, 6.45) is 4.15. The summed E-state index contributed by atoms with van der Waals surface area (Å²) < 4.78 is 26.8. The van der Waals surface area contributed by atoms with Gasteiger partial charge in [0.1, 0.15) is 0 Å². The van der Waals surface area contributed by atoms with Crippen molar-refractivity contribution in [3.63, 3.8) is 0 Å². The van der Waals surface area contributed by atoms with E-state index in [9.17, 15) is 8.78 Å². The van der Waals surface area contributed by atoms with E-state index in [1.807, 2.05) is 0 Å². The van der Waals surface area contributed by atoms with Gasteiger partial charge in [0.25, 0.3) is 0 Å². The highest BCUT2D eigenvalue weighted by atomic mass is 19.3. The van der Waals surface area contributed by atoms with Crippen LogP contribution < -0.4 is 5.32 Å². The van der Waals surface area contributed by atoms with E-state index in [-0.39, 0.29) is 18.8 Å². The van der Waals surface area contributed by atoms with E-state index in [1.165, 1.54) is 6.42 Å². The lowest BCUT2D eigenvalue weighted by Crippen LogP contribution is -2.55. The van der Waals surface area contributed by atoms with Gasteiger partial charge in [-0.05, 0) is 42.9 Å². The van der Waals surface area contributed by atoms with Crippen molar-refractivity contribution < 1.29 is 8.78 Å². The van der Waals surface area contributed by atoms with Crippen molar-refractivity contribution in [2.45, 2.75) is 58.3 Å². The predicted octanol–water partition coefficient (Wildman–Crippen LogP) is 3.84. The molecule has 2 aliphatic rings. The standard InChI is InChI=1S/C14H25F2N/c1-11(2)6-13(9-17-10-13)7-12-4-3-5-14(15,16)8-12/h11-12,17H,3-10H2,1-2H3. The summed E-state index contributed by atoms with van der Waals surface area (Å²) in [6, 6.07) is 0. The summed E-state index contributed by atoms with van der Waals surface area (Å²) in [5.74, 6) is -1.47.